The van der Waals surface area contributed by atoms with Crippen LogP contribution in [0.1, 0.15) is 58.3 Å². The maximum atomic E-state index is 10.9. The Hall–Kier alpha value is -2.49. The number of allylic oxidation sites excluding steroid dienone is 11. The van der Waals surface area contributed by atoms with Crippen molar-refractivity contribution in [1.82, 2.24) is 0 Å². The van der Waals surface area contributed by atoms with Crippen molar-refractivity contribution in [2.45, 2.75) is 58.3 Å². The average molecular weight is 357 g/mol. The molecule has 142 valence electrons. The summed E-state index contributed by atoms with van der Waals surface area (Å²) < 4.78 is 0. The van der Waals surface area contributed by atoms with Gasteiger partial charge in [0.1, 0.15) is 6.29 Å². The van der Waals surface area contributed by atoms with E-state index in [-0.39, 0.29) is 10.6 Å². The van der Waals surface area contributed by atoms with E-state index in [9.17, 15) is 14.9 Å². The number of carbonyl (C=O) groups is 1. The van der Waals surface area contributed by atoms with Crippen LogP contribution in [0.15, 0.2) is 72.5 Å². The molecule has 0 aromatic carbocycles. The van der Waals surface area contributed by atoms with E-state index in [1.807, 2.05) is 37.3 Å². The van der Waals surface area contributed by atoms with Crippen LogP contribution < -0.4 is 0 Å². The van der Waals surface area contributed by atoms with Crippen LogP contribution in [-0.4, -0.2) is 11.2 Å². The molecule has 0 aliphatic carbocycles. The number of nitrogens with zero attached hydrogens (tertiary/aromatic N) is 1. The fraction of sp³-hybridized carbons (Fsp3) is 0.409. The third-order valence-electron chi connectivity index (χ3n) is 3.39. The molecule has 0 saturated heterocycles. The number of aldehydes is 1. The highest BCUT2D eigenvalue weighted by atomic mass is 16.6. The number of unbranched alkanes of at least 4 members (excludes halogenated alkanes) is 1. The molecule has 0 amide bonds. The number of nitro groups is 1. The maximum Gasteiger partial charge on any atom is 0.246 e. The molecule has 0 radical (unpaired) electrons. The Labute approximate surface area is 157 Å². The topological polar surface area (TPSA) is 60.2 Å². The number of carbonyl (C=O) groups excluding carboxylic acids is 1. The number of hydrogen-bond acceptors (Lipinski definition) is 3. The molecule has 0 aromatic heterocycles. The smallest absolute Gasteiger partial charge is 0.246 e. The predicted molar refractivity (Wildman–Crippen MR) is 109 cm³/mol. The molecule has 4 heteroatoms. The summed E-state index contributed by atoms with van der Waals surface area (Å²) in [5.41, 5.74) is 0.250. The van der Waals surface area contributed by atoms with E-state index in [1.54, 1.807) is 6.08 Å². The lowest BCUT2D eigenvalue weighted by atomic mass is 10.2. The third-order valence-corrected chi connectivity index (χ3v) is 3.39. The highest BCUT2D eigenvalue weighted by molar-refractivity contribution is 5.49. The molecule has 0 N–H and O–H groups in total. The first-order chi connectivity index (χ1) is 12.7. The van der Waals surface area contributed by atoms with Gasteiger partial charge < -0.3 is 4.79 Å². The molecular formula is C22H31NO3. The Morgan fingerprint density at radius 1 is 0.769 bits per heavy atom. The monoisotopic (exact) mass is 357 g/mol. The van der Waals surface area contributed by atoms with Gasteiger partial charge in [0.15, 0.2) is 0 Å². The first-order valence-corrected chi connectivity index (χ1v) is 9.24. The quantitative estimate of drug-likeness (QED) is 0.114. The van der Waals surface area contributed by atoms with Gasteiger partial charge in [-0.25, -0.2) is 0 Å². The van der Waals surface area contributed by atoms with Crippen LogP contribution >= 0.6 is 0 Å². The molecular weight excluding hydrogens is 326 g/mol. The Bertz CT molecular complexity index is 552. The molecule has 0 bridgehead atoms. The lowest BCUT2D eigenvalue weighted by Gasteiger charge is -1.93. The van der Waals surface area contributed by atoms with Gasteiger partial charge in [-0.15, -0.1) is 0 Å². The van der Waals surface area contributed by atoms with Crippen LogP contribution in [-0.2, 0) is 4.79 Å². The molecule has 4 nitrogen and oxygen atoms in total. The van der Waals surface area contributed by atoms with E-state index in [2.05, 4.69) is 30.4 Å². The fourth-order valence-electron chi connectivity index (χ4n) is 2.00. The summed E-state index contributed by atoms with van der Waals surface area (Å²) in [6.45, 7) is 2.01. The van der Waals surface area contributed by atoms with Crippen molar-refractivity contribution in [2.75, 3.05) is 0 Å². The van der Waals surface area contributed by atoms with Crippen LogP contribution in [0.3, 0.4) is 0 Å². The van der Waals surface area contributed by atoms with Gasteiger partial charge in [-0.1, -0.05) is 67.7 Å². The van der Waals surface area contributed by atoms with Crippen LogP contribution in [0.4, 0.5) is 0 Å². The normalized spacial score (nSPS) is 13.2. The molecule has 0 unspecified atom stereocenters. The van der Waals surface area contributed by atoms with E-state index >= 15 is 0 Å². The van der Waals surface area contributed by atoms with Crippen molar-refractivity contribution in [3.05, 3.63) is 82.6 Å². The van der Waals surface area contributed by atoms with Gasteiger partial charge in [0, 0.05) is 6.42 Å². The maximum absolute atomic E-state index is 10.9. The van der Waals surface area contributed by atoms with Gasteiger partial charge in [0.05, 0.1) is 11.3 Å². The molecule has 0 atom stereocenters. The van der Waals surface area contributed by atoms with Gasteiger partial charge in [-0.05, 0) is 44.6 Å². The summed E-state index contributed by atoms with van der Waals surface area (Å²) in [7, 11) is 0. The number of hydrogen-bond donors (Lipinski definition) is 0. The lowest BCUT2D eigenvalue weighted by Crippen LogP contribution is -1.97. The standard InChI is InChI=1S/C22H31NO3/c1-2-3-16-19-22(23(25)26)20-17-14-12-10-8-6-4-5-7-9-11-13-15-18-21-24/h3,5-8,11-14,16,20-21H,2,4,9-10,15,17-19H2,1H3/b7-5+,8-6+,13-11+,14-12+,16-3+,22-20-. The van der Waals surface area contributed by atoms with E-state index < -0.39 is 0 Å². The van der Waals surface area contributed by atoms with E-state index in [1.165, 1.54) is 0 Å². The Kier molecular flexibility index (Phi) is 17.0. The average Bonchev–Trinajstić information content (AvgIpc) is 2.63. The van der Waals surface area contributed by atoms with Crippen molar-refractivity contribution in [3.8, 4) is 0 Å². The van der Waals surface area contributed by atoms with Crippen molar-refractivity contribution in [2.24, 2.45) is 0 Å². The first-order valence-electron chi connectivity index (χ1n) is 9.24. The second-order valence-electron chi connectivity index (χ2n) is 5.61. The summed E-state index contributed by atoms with van der Waals surface area (Å²) in [5, 5.41) is 10.9. The molecule has 26 heavy (non-hydrogen) atoms. The molecule has 0 aliphatic heterocycles. The van der Waals surface area contributed by atoms with Crippen molar-refractivity contribution >= 4 is 6.29 Å². The molecule has 0 saturated carbocycles. The van der Waals surface area contributed by atoms with Gasteiger partial charge in [-0.2, -0.15) is 0 Å². The highest BCUT2D eigenvalue weighted by Crippen LogP contribution is 2.06. The van der Waals surface area contributed by atoms with Gasteiger partial charge >= 0.3 is 0 Å². The molecule has 0 aromatic rings. The second-order valence-corrected chi connectivity index (χ2v) is 5.61. The van der Waals surface area contributed by atoms with Crippen LogP contribution in [0.25, 0.3) is 0 Å². The van der Waals surface area contributed by atoms with Crippen LogP contribution in [0, 0.1) is 10.1 Å². The van der Waals surface area contributed by atoms with E-state index in [4.69, 9.17) is 0 Å². The van der Waals surface area contributed by atoms with E-state index in [0.29, 0.717) is 19.3 Å². The van der Waals surface area contributed by atoms with Gasteiger partial charge in [0.2, 0.25) is 5.70 Å². The minimum atomic E-state index is -0.308. The SMILES string of the molecule is CC/C=C/C/C(=C/C/C=C/C/C=C/C/C=C/C/C=C/CCC=O)[N+](=O)[O-]. The third kappa shape index (κ3) is 16.4. The van der Waals surface area contributed by atoms with Crippen molar-refractivity contribution in [3.63, 3.8) is 0 Å². The Morgan fingerprint density at radius 3 is 1.81 bits per heavy atom. The number of rotatable bonds is 15. The molecule has 0 spiro atoms. The highest BCUT2D eigenvalue weighted by Gasteiger charge is 2.05. The Morgan fingerprint density at radius 2 is 1.31 bits per heavy atom. The molecule has 0 heterocycles. The Balaban J connectivity index is 3.90. The van der Waals surface area contributed by atoms with Gasteiger partial charge in [0.25, 0.3) is 0 Å². The second kappa shape index (κ2) is 18.8. The zero-order chi connectivity index (χ0) is 19.3. The molecule has 0 rings (SSSR count). The summed E-state index contributed by atoms with van der Waals surface area (Å²) in [6, 6.07) is 0. The summed E-state index contributed by atoms with van der Waals surface area (Å²) in [4.78, 5) is 20.7. The zero-order valence-corrected chi connectivity index (χ0v) is 15.8. The molecule has 0 fully saturated rings. The summed E-state index contributed by atoms with van der Waals surface area (Å²) in [6.07, 6.45) is 28.7. The molecule has 0 aliphatic rings. The minimum absolute atomic E-state index is 0.250. The van der Waals surface area contributed by atoms with Crippen molar-refractivity contribution in [1.29, 1.82) is 0 Å². The largest absolute Gasteiger partial charge is 0.303 e. The van der Waals surface area contributed by atoms with Crippen molar-refractivity contribution < 1.29 is 9.72 Å². The predicted octanol–water partition coefficient (Wildman–Crippen LogP) is 6.27. The van der Waals surface area contributed by atoms with E-state index in [0.717, 1.165) is 38.4 Å². The minimum Gasteiger partial charge on any atom is -0.303 e. The van der Waals surface area contributed by atoms with Crippen LogP contribution in [0.2, 0.25) is 0 Å². The fourth-order valence-corrected chi connectivity index (χ4v) is 2.00. The van der Waals surface area contributed by atoms with Gasteiger partial charge in [-0.3, -0.25) is 10.1 Å². The lowest BCUT2D eigenvalue weighted by molar-refractivity contribution is -0.427. The summed E-state index contributed by atoms with van der Waals surface area (Å²) in [5.74, 6) is 0. The summed E-state index contributed by atoms with van der Waals surface area (Å²) >= 11 is 0. The van der Waals surface area contributed by atoms with Crippen LogP contribution in [0.5, 0.6) is 0 Å². The first kappa shape index (κ1) is 23.5. The zero-order valence-electron chi connectivity index (χ0n) is 15.8.